The van der Waals surface area contributed by atoms with Crippen molar-refractivity contribution in [2.45, 2.75) is 20.8 Å². The predicted molar refractivity (Wildman–Crippen MR) is 93.2 cm³/mol. The number of hydrogen-bond donors (Lipinski definition) is 1. The van der Waals surface area contributed by atoms with Gasteiger partial charge in [-0.15, -0.1) is 0 Å². The van der Waals surface area contributed by atoms with Crippen LogP contribution in [-0.2, 0) is 0 Å². The lowest BCUT2D eigenvalue weighted by atomic mass is 10.1. The monoisotopic (exact) mass is 330 g/mol. The molecule has 1 amide bonds. The standard InChI is InChI=1S/C17H15ClN2OS/c1-9-6-7-12(8-13(9)18)16(21)20-17-19-14-10(2)4-5-11(3)15(14)22-17/h4-8H,1-3H3,(H,19,20,21). The van der Waals surface area contributed by atoms with Crippen molar-refractivity contribution in [2.24, 2.45) is 0 Å². The quantitative estimate of drug-likeness (QED) is 0.708. The Balaban J connectivity index is 1.92. The highest BCUT2D eigenvalue weighted by Crippen LogP contribution is 2.31. The minimum Gasteiger partial charge on any atom is -0.298 e. The summed E-state index contributed by atoms with van der Waals surface area (Å²) in [7, 11) is 0. The summed E-state index contributed by atoms with van der Waals surface area (Å²) in [5, 5.41) is 4.05. The highest BCUT2D eigenvalue weighted by molar-refractivity contribution is 7.22. The van der Waals surface area contributed by atoms with E-state index in [4.69, 9.17) is 11.6 Å². The molecule has 0 spiro atoms. The zero-order chi connectivity index (χ0) is 15.9. The van der Waals surface area contributed by atoms with Gasteiger partial charge in [0, 0.05) is 10.6 Å². The van der Waals surface area contributed by atoms with Gasteiger partial charge in [0.2, 0.25) is 0 Å². The van der Waals surface area contributed by atoms with Gasteiger partial charge in [-0.25, -0.2) is 4.98 Å². The molecule has 0 saturated carbocycles. The van der Waals surface area contributed by atoms with Crippen LogP contribution in [0.2, 0.25) is 5.02 Å². The van der Waals surface area contributed by atoms with Gasteiger partial charge in [0.25, 0.3) is 5.91 Å². The first kappa shape index (κ1) is 15.0. The molecule has 0 aliphatic heterocycles. The third-order valence-electron chi connectivity index (χ3n) is 3.60. The summed E-state index contributed by atoms with van der Waals surface area (Å²) in [5.41, 5.74) is 4.70. The molecule has 1 heterocycles. The normalized spacial score (nSPS) is 10.9. The first-order valence-corrected chi connectivity index (χ1v) is 8.09. The van der Waals surface area contributed by atoms with Gasteiger partial charge < -0.3 is 0 Å². The van der Waals surface area contributed by atoms with Gasteiger partial charge in [-0.2, -0.15) is 0 Å². The summed E-state index contributed by atoms with van der Waals surface area (Å²) >= 11 is 7.57. The maximum absolute atomic E-state index is 12.3. The van der Waals surface area contributed by atoms with E-state index in [1.807, 2.05) is 32.9 Å². The number of benzene rings is 2. The molecule has 0 unspecified atom stereocenters. The molecular formula is C17H15ClN2OS. The van der Waals surface area contributed by atoms with Crippen LogP contribution in [0.5, 0.6) is 0 Å². The summed E-state index contributed by atoms with van der Waals surface area (Å²) in [4.78, 5) is 16.9. The molecule has 0 aliphatic carbocycles. The molecule has 22 heavy (non-hydrogen) atoms. The van der Waals surface area contributed by atoms with Crippen LogP contribution in [0, 0.1) is 20.8 Å². The average Bonchev–Trinajstić information content (AvgIpc) is 2.91. The Morgan fingerprint density at radius 1 is 1.09 bits per heavy atom. The lowest BCUT2D eigenvalue weighted by molar-refractivity contribution is 0.102. The predicted octanol–water partition coefficient (Wildman–Crippen LogP) is 5.13. The molecule has 0 aliphatic rings. The van der Waals surface area contributed by atoms with Gasteiger partial charge in [0.1, 0.15) is 0 Å². The summed E-state index contributed by atoms with van der Waals surface area (Å²) in [6.45, 7) is 5.97. The summed E-state index contributed by atoms with van der Waals surface area (Å²) in [5.74, 6) is -0.198. The molecule has 0 saturated heterocycles. The van der Waals surface area contributed by atoms with Crippen molar-refractivity contribution in [3.05, 3.63) is 57.6 Å². The number of amides is 1. The van der Waals surface area contributed by atoms with Crippen molar-refractivity contribution < 1.29 is 4.79 Å². The zero-order valence-electron chi connectivity index (χ0n) is 12.5. The number of aromatic nitrogens is 1. The van der Waals surface area contributed by atoms with E-state index in [-0.39, 0.29) is 5.91 Å². The van der Waals surface area contributed by atoms with E-state index in [0.29, 0.717) is 15.7 Å². The Hall–Kier alpha value is -1.91. The number of halogens is 1. The topological polar surface area (TPSA) is 42.0 Å². The van der Waals surface area contributed by atoms with E-state index in [1.165, 1.54) is 11.3 Å². The van der Waals surface area contributed by atoms with E-state index in [2.05, 4.69) is 16.4 Å². The Kier molecular flexibility index (Phi) is 3.89. The number of carbonyl (C=O) groups excluding carboxylic acids is 1. The van der Waals surface area contributed by atoms with Crippen molar-refractivity contribution >= 4 is 44.2 Å². The Morgan fingerprint density at radius 2 is 1.77 bits per heavy atom. The molecule has 0 fully saturated rings. The second-order valence-corrected chi connectivity index (χ2v) is 6.72. The van der Waals surface area contributed by atoms with Gasteiger partial charge in [-0.05, 0) is 49.6 Å². The molecule has 3 rings (SSSR count). The Morgan fingerprint density at radius 3 is 2.45 bits per heavy atom. The van der Waals surface area contributed by atoms with Crippen LogP contribution in [0.4, 0.5) is 5.13 Å². The Labute approximate surface area is 138 Å². The molecule has 2 aromatic carbocycles. The third-order valence-corrected chi connectivity index (χ3v) is 5.11. The molecule has 3 aromatic rings. The lowest BCUT2D eigenvalue weighted by Gasteiger charge is -2.03. The van der Waals surface area contributed by atoms with Crippen molar-refractivity contribution in [3.8, 4) is 0 Å². The smallest absolute Gasteiger partial charge is 0.257 e. The minimum atomic E-state index is -0.198. The van der Waals surface area contributed by atoms with Crippen LogP contribution in [-0.4, -0.2) is 10.9 Å². The van der Waals surface area contributed by atoms with Crippen molar-refractivity contribution in [1.82, 2.24) is 4.98 Å². The Bertz CT molecular complexity index is 847. The van der Waals surface area contributed by atoms with E-state index in [9.17, 15) is 4.79 Å². The van der Waals surface area contributed by atoms with E-state index in [1.54, 1.807) is 12.1 Å². The number of rotatable bonds is 2. The van der Waals surface area contributed by atoms with E-state index in [0.717, 1.165) is 26.9 Å². The molecule has 1 aromatic heterocycles. The van der Waals surface area contributed by atoms with Crippen LogP contribution in [0.25, 0.3) is 10.2 Å². The molecule has 112 valence electrons. The molecule has 1 N–H and O–H groups in total. The fourth-order valence-electron chi connectivity index (χ4n) is 2.22. The fourth-order valence-corrected chi connectivity index (χ4v) is 3.40. The molecular weight excluding hydrogens is 316 g/mol. The van der Waals surface area contributed by atoms with Gasteiger partial charge in [0.05, 0.1) is 10.2 Å². The fraction of sp³-hybridized carbons (Fsp3) is 0.176. The van der Waals surface area contributed by atoms with Crippen LogP contribution in [0.15, 0.2) is 30.3 Å². The van der Waals surface area contributed by atoms with Crippen LogP contribution < -0.4 is 5.32 Å². The zero-order valence-corrected chi connectivity index (χ0v) is 14.1. The van der Waals surface area contributed by atoms with Gasteiger partial charge in [0.15, 0.2) is 5.13 Å². The summed E-state index contributed by atoms with van der Waals surface area (Å²) < 4.78 is 1.11. The van der Waals surface area contributed by atoms with Gasteiger partial charge in [-0.3, -0.25) is 10.1 Å². The second kappa shape index (κ2) is 5.71. The van der Waals surface area contributed by atoms with Crippen molar-refractivity contribution in [1.29, 1.82) is 0 Å². The molecule has 5 heteroatoms. The minimum absolute atomic E-state index is 0.198. The van der Waals surface area contributed by atoms with Crippen molar-refractivity contribution in [2.75, 3.05) is 5.32 Å². The highest BCUT2D eigenvalue weighted by atomic mass is 35.5. The van der Waals surface area contributed by atoms with Crippen LogP contribution in [0.3, 0.4) is 0 Å². The lowest BCUT2D eigenvalue weighted by Crippen LogP contribution is -2.11. The number of hydrogen-bond acceptors (Lipinski definition) is 3. The largest absolute Gasteiger partial charge is 0.298 e. The molecule has 0 bridgehead atoms. The summed E-state index contributed by atoms with van der Waals surface area (Å²) in [6, 6.07) is 9.39. The number of thiazole rings is 1. The molecule has 0 radical (unpaired) electrons. The second-order valence-electron chi connectivity index (χ2n) is 5.31. The number of aryl methyl sites for hydroxylation is 3. The summed E-state index contributed by atoms with van der Waals surface area (Å²) in [6.07, 6.45) is 0. The number of fused-ring (bicyclic) bond motifs is 1. The van der Waals surface area contributed by atoms with E-state index < -0.39 is 0 Å². The highest BCUT2D eigenvalue weighted by Gasteiger charge is 2.13. The molecule has 3 nitrogen and oxygen atoms in total. The van der Waals surface area contributed by atoms with Crippen LogP contribution in [0.1, 0.15) is 27.0 Å². The maximum atomic E-state index is 12.3. The van der Waals surface area contributed by atoms with Crippen LogP contribution >= 0.6 is 22.9 Å². The number of nitrogens with zero attached hydrogens (tertiary/aromatic N) is 1. The number of carbonyl (C=O) groups is 1. The SMILES string of the molecule is Cc1ccc(C(=O)Nc2nc3c(C)ccc(C)c3s2)cc1Cl. The maximum Gasteiger partial charge on any atom is 0.257 e. The van der Waals surface area contributed by atoms with E-state index >= 15 is 0 Å². The van der Waals surface area contributed by atoms with Gasteiger partial charge >= 0.3 is 0 Å². The average molecular weight is 331 g/mol. The molecule has 0 atom stereocenters. The van der Waals surface area contributed by atoms with Gasteiger partial charge in [-0.1, -0.05) is 41.1 Å². The van der Waals surface area contributed by atoms with Crippen molar-refractivity contribution in [3.63, 3.8) is 0 Å². The number of nitrogens with one attached hydrogen (secondary N) is 1. The first-order chi connectivity index (χ1) is 10.5. The number of anilines is 1. The first-order valence-electron chi connectivity index (χ1n) is 6.90. The third kappa shape index (κ3) is 2.72.